The van der Waals surface area contributed by atoms with E-state index in [1.807, 2.05) is 6.08 Å². The minimum absolute atomic E-state index is 0.0460. The Labute approximate surface area is 344 Å². The van der Waals surface area contributed by atoms with E-state index in [2.05, 4.69) is 26.9 Å². The molecule has 60 heavy (non-hydrogen) atoms. The Kier molecular flexibility index (Phi) is 11.2. The van der Waals surface area contributed by atoms with E-state index in [-0.39, 0.29) is 60.8 Å². The fourth-order valence-electron chi connectivity index (χ4n) is 9.42. The molecule has 2 aromatic rings. The highest BCUT2D eigenvalue weighted by atomic mass is 32.2. The van der Waals surface area contributed by atoms with E-state index in [0.29, 0.717) is 44.9 Å². The molecule has 4 amide bonds. The molecule has 0 radical (unpaired) electrons. The van der Waals surface area contributed by atoms with Crippen LogP contribution in [0.4, 0.5) is 18.0 Å². The third-order valence-corrected chi connectivity index (χ3v) is 14.9. The zero-order chi connectivity index (χ0) is 42.6. The first-order valence-electron chi connectivity index (χ1n) is 20.8. The number of allylic oxidation sites excluding steroid dienone is 2. The highest BCUT2D eigenvalue weighted by molar-refractivity contribution is 7.91. The van der Waals surface area contributed by atoms with Crippen LogP contribution in [0.3, 0.4) is 0 Å². The average molecular weight is 859 g/mol. The molecular formula is C41H49F3N6O9S. The first-order chi connectivity index (χ1) is 28.6. The highest BCUT2D eigenvalue weighted by Gasteiger charge is 2.62. The number of hydrogen-bond acceptors (Lipinski definition) is 10. The van der Waals surface area contributed by atoms with Crippen molar-refractivity contribution in [3.8, 4) is 6.01 Å². The molecule has 1 saturated heterocycles. The lowest BCUT2D eigenvalue weighted by molar-refractivity contribution is -0.142. The lowest BCUT2D eigenvalue weighted by atomic mass is 9.96. The molecule has 1 aromatic carbocycles. The van der Waals surface area contributed by atoms with Gasteiger partial charge in [0.05, 0.1) is 28.3 Å². The second-order valence-electron chi connectivity index (χ2n) is 17.1. The van der Waals surface area contributed by atoms with Crippen LogP contribution < -0.4 is 25.7 Å². The highest BCUT2D eigenvalue weighted by Crippen LogP contribution is 2.46. The van der Waals surface area contributed by atoms with Crippen molar-refractivity contribution in [2.24, 2.45) is 17.8 Å². The van der Waals surface area contributed by atoms with E-state index in [0.717, 1.165) is 43.9 Å². The van der Waals surface area contributed by atoms with Crippen molar-refractivity contribution in [2.45, 2.75) is 131 Å². The van der Waals surface area contributed by atoms with Crippen LogP contribution in [0.2, 0.25) is 0 Å². The second kappa shape index (κ2) is 16.2. The summed E-state index contributed by atoms with van der Waals surface area (Å²) in [5, 5.41) is 4.78. The summed E-state index contributed by atoms with van der Waals surface area (Å²) in [6, 6.07) is -0.117. The molecule has 0 spiro atoms. The van der Waals surface area contributed by atoms with Crippen LogP contribution in [0.5, 0.6) is 6.01 Å². The van der Waals surface area contributed by atoms with Crippen LogP contribution >= 0.6 is 0 Å². The summed E-state index contributed by atoms with van der Waals surface area (Å²) in [4.78, 5) is 76.1. The monoisotopic (exact) mass is 858 g/mol. The minimum Gasteiger partial charge on any atom is -0.459 e. The number of alkyl halides is 3. The third-order valence-electron chi connectivity index (χ3n) is 13.0. The zero-order valence-corrected chi connectivity index (χ0v) is 33.8. The first-order valence-corrected chi connectivity index (χ1v) is 22.3. The van der Waals surface area contributed by atoms with Gasteiger partial charge in [0.15, 0.2) is 0 Å². The van der Waals surface area contributed by atoms with Gasteiger partial charge in [0.25, 0.3) is 17.5 Å². The SMILES string of the molecule is C=C[C@@H]1C[C@]1(NC(=O)[C@@H]1C[C@@H]2CN1C(=O)[C@H](C1CCCC1)NC(=O)O[C@@H]1CCC[C@H]1CC/C=C/Cn1c(nc3cc(C(F)(F)F)ccc3c1=O)O2)C(=O)NS(=O)(=O)C1CC1. The van der Waals surface area contributed by atoms with Crippen LogP contribution in [0.15, 0.2) is 47.8 Å². The summed E-state index contributed by atoms with van der Waals surface area (Å²) in [5.74, 6) is -3.21. The summed E-state index contributed by atoms with van der Waals surface area (Å²) in [7, 11) is -3.99. The number of rotatable bonds is 7. The predicted octanol–water partition coefficient (Wildman–Crippen LogP) is 4.24. The quantitative estimate of drug-likeness (QED) is 0.339. The van der Waals surface area contributed by atoms with Crippen molar-refractivity contribution >= 4 is 44.7 Å². The van der Waals surface area contributed by atoms with E-state index in [1.165, 1.54) is 15.5 Å². The van der Waals surface area contributed by atoms with E-state index in [1.54, 1.807) is 6.08 Å². The molecule has 15 nitrogen and oxygen atoms in total. The van der Waals surface area contributed by atoms with E-state index in [9.17, 15) is 45.6 Å². The smallest absolute Gasteiger partial charge is 0.416 e. The van der Waals surface area contributed by atoms with Gasteiger partial charge in [-0.05, 0) is 94.2 Å². The maximum atomic E-state index is 14.8. The molecule has 2 aliphatic heterocycles. The summed E-state index contributed by atoms with van der Waals surface area (Å²) >= 11 is 0. The first kappa shape index (κ1) is 41.8. The van der Waals surface area contributed by atoms with Gasteiger partial charge in [0.2, 0.25) is 21.8 Å². The van der Waals surface area contributed by atoms with Gasteiger partial charge >= 0.3 is 12.3 Å². The van der Waals surface area contributed by atoms with Gasteiger partial charge in [-0.2, -0.15) is 18.2 Å². The van der Waals surface area contributed by atoms with Crippen LogP contribution in [0, 0.1) is 17.8 Å². The van der Waals surface area contributed by atoms with E-state index in [4.69, 9.17) is 9.47 Å². The van der Waals surface area contributed by atoms with Crippen LogP contribution in [-0.2, 0) is 41.9 Å². The number of halogens is 3. The molecular weight excluding hydrogens is 810 g/mol. The lowest BCUT2D eigenvalue weighted by Crippen LogP contribution is -2.59. The number of carbonyl (C=O) groups is 4. The normalized spacial score (nSPS) is 30.8. The van der Waals surface area contributed by atoms with Crippen LogP contribution in [-0.4, -0.2) is 88.3 Å². The van der Waals surface area contributed by atoms with Crippen molar-refractivity contribution in [3.63, 3.8) is 0 Å². The van der Waals surface area contributed by atoms with Gasteiger partial charge in [0.1, 0.15) is 29.8 Å². The van der Waals surface area contributed by atoms with E-state index >= 15 is 0 Å². The molecule has 324 valence electrons. The molecule has 3 heterocycles. The molecule has 2 bridgehead atoms. The van der Waals surface area contributed by atoms with Crippen molar-refractivity contribution in [1.29, 1.82) is 0 Å². The largest absolute Gasteiger partial charge is 0.459 e. The lowest BCUT2D eigenvalue weighted by Gasteiger charge is -2.32. The number of aromatic nitrogens is 2. The van der Waals surface area contributed by atoms with Gasteiger partial charge in [-0.15, -0.1) is 6.58 Å². The van der Waals surface area contributed by atoms with Crippen molar-refractivity contribution in [1.82, 2.24) is 29.8 Å². The molecule has 7 atom stereocenters. The van der Waals surface area contributed by atoms with Crippen molar-refractivity contribution in [2.75, 3.05) is 6.54 Å². The minimum atomic E-state index is -4.72. The Morgan fingerprint density at radius 2 is 1.73 bits per heavy atom. The Morgan fingerprint density at radius 1 is 0.983 bits per heavy atom. The third kappa shape index (κ3) is 8.37. The number of amides is 4. The maximum absolute atomic E-state index is 14.8. The molecule has 8 rings (SSSR count). The Morgan fingerprint density at radius 3 is 2.43 bits per heavy atom. The number of carbonyl (C=O) groups excluding carboxylic acids is 4. The van der Waals surface area contributed by atoms with Gasteiger partial charge in [-0.3, -0.25) is 28.5 Å². The van der Waals surface area contributed by atoms with Gasteiger partial charge in [0, 0.05) is 18.9 Å². The van der Waals surface area contributed by atoms with Gasteiger partial charge in [-0.1, -0.05) is 31.1 Å². The van der Waals surface area contributed by atoms with Crippen LogP contribution in [0.25, 0.3) is 10.9 Å². The average Bonchev–Trinajstić information content (AvgIpc) is 3.99. The number of fused-ring (bicyclic) bond motifs is 5. The molecule has 5 fully saturated rings. The topological polar surface area (TPSA) is 195 Å². The second-order valence-corrected chi connectivity index (χ2v) is 19.0. The maximum Gasteiger partial charge on any atom is 0.416 e. The van der Waals surface area contributed by atoms with Crippen LogP contribution in [0.1, 0.15) is 89.0 Å². The Balaban J connectivity index is 1.17. The number of hydrogen-bond donors (Lipinski definition) is 3. The number of nitrogens with zero attached hydrogens (tertiary/aromatic N) is 3. The molecule has 4 saturated carbocycles. The Hall–Kier alpha value is -4.94. The summed E-state index contributed by atoms with van der Waals surface area (Å²) in [6.07, 6.45) is 5.20. The summed E-state index contributed by atoms with van der Waals surface area (Å²) in [6.45, 7) is 3.42. The van der Waals surface area contributed by atoms with Crippen molar-refractivity contribution < 1.29 is 50.2 Å². The molecule has 4 aliphatic carbocycles. The molecule has 1 aromatic heterocycles. The van der Waals surface area contributed by atoms with Gasteiger partial charge in [-0.25, -0.2) is 13.2 Å². The predicted molar refractivity (Wildman–Crippen MR) is 210 cm³/mol. The molecule has 0 unspecified atom stereocenters. The number of sulfonamides is 1. The van der Waals surface area contributed by atoms with Crippen molar-refractivity contribution in [3.05, 3.63) is 58.9 Å². The molecule has 6 aliphatic rings. The zero-order valence-electron chi connectivity index (χ0n) is 33.0. The number of benzene rings is 1. The molecule has 3 N–H and O–H groups in total. The number of ether oxygens (including phenoxy) is 2. The fraction of sp³-hybridized carbons (Fsp3) is 0.610. The number of nitrogens with one attached hydrogen (secondary N) is 3. The standard InChI is InChI=1S/C41H49F3N6O9S/c1-2-25-21-40(25,37(54)48-60(56,57)28-15-16-28)47-34(51)31-20-27-22-50(31)36(53)33(24-10-5-6-11-24)46-39(55)59-32-13-8-12-23(32)9-4-3-7-18-49-35(52)29-17-14-26(41(42,43)44)19-30(29)45-38(49)58-27/h2-3,7,14,17,19,23-25,27-28,31-33H,1,4-6,8-13,15-16,18,20-22H2,(H,46,55)(H,47,51)(H,48,54)/b7-3+/t23-,25-,27-,31+,32-,33+,40-/m1/s1. The molecule has 19 heteroatoms. The van der Waals surface area contributed by atoms with Gasteiger partial charge < -0.3 is 25.0 Å². The summed E-state index contributed by atoms with van der Waals surface area (Å²) in [5.41, 5.74) is -3.61. The van der Waals surface area contributed by atoms with E-state index < -0.39 is 86.0 Å². The fourth-order valence-corrected chi connectivity index (χ4v) is 10.8. The summed E-state index contributed by atoms with van der Waals surface area (Å²) < 4.78 is 82.5. The Bertz CT molecular complexity index is 2270. The number of alkyl carbamates (subject to hydrolysis) is 1.